The number of pyridine rings is 1. The summed E-state index contributed by atoms with van der Waals surface area (Å²) in [6, 6.07) is 1.87. The van der Waals surface area contributed by atoms with Crippen molar-refractivity contribution in [2.75, 3.05) is 18.4 Å². The van der Waals surface area contributed by atoms with E-state index in [0.29, 0.717) is 24.9 Å². The molecule has 4 heterocycles. The lowest BCUT2D eigenvalue weighted by Crippen LogP contribution is -2.43. The maximum absolute atomic E-state index is 13.1. The fraction of sp³-hybridized carbons (Fsp3) is 0.316. The first-order valence-corrected chi connectivity index (χ1v) is 11.2. The van der Waals surface area contributed by atoms with E-state index < -0.39 is 33.6 Å². The van der Waals surface area contributed by atoms with Gasteiger partial charge in [-0.2, -0.15) is 17.5 Å². The average molecular weight is 481 g/mol. The summed E-state index contributed by atoms with van der Waals surface area (Å²) >= 11 is 0. The Balaban J connectivity index is 1.44. The highest BCUT2D eigenvalue weighted by Crippen LogP contribution is 2.29. The Morgan fingerprint density at radius 1 is 1.12 bits per heavy atom. The monoisotopic (exact) mass is 481 g/mol. The molecule has 3 aromatic heterocycles. The molecule has 1 atom stereocenters. The Labute approximate surface area is 186 Å². The second-order valence-electron chi connectivity index (χ2n) is 7.30. The third kappa shape index (κ3) is 5.01. The van der Waals surface area contributed by atoms with Gasteiger partial charge >= 0.3 is 6.18 Å². The van der Waals surface area contributed by atoms with Crippen LogP contribution < -0.4 is 5.32 Å². The number of alkyl halides is 3. The van der Waals surface area contributed by atoms with E-state index in [1.807, 2.05) is 0 Å². The van der Waals surface area contributed by atoms with Gasteiger partial charge in [-0.05, 0) is 25.0 Å². The van der Waals surface area contributed by atoms with E-state index in [9.17, 15) is 26.4 Å². The quantitative estimate of drug-likeness (QED) is 0.592. The smallest absolute Gasteiger partial charge is 0.310 e. The van der Waals surface area contributed by atoms with Gasteiger partial charge in [0.05, 0.1) is 23.9 Å². The Morgan fingerprint density at radius 2 is 1.94 bits per heavy atom. The fourth-order valence-corrected chi connectivity index (χ4v) is 4.80. The lowest BCUT2D eigenvalue weighted by Gasteiger charge is -2.30. The number of nitrogens with one attached hydrogen (secondary N) is 1. The Morgan fingerprint density at radius 3 is 2.61 bits per heavy atom. The second kappa shape index (κ2) is 8.86. The number of sulfonamides is 1. The molecule has 1 N–H and O–H groups in total. The summed E-state index contributed by atoms with van der Waals surface area (Å²) in [5, 5.41) is 2.26. The van der Waals surface area contributed by atoms with Gasteiger partial charge < -0.3 is 5.32 Å². The van der Waals surface area contributed by atoms with Gasteiger partial charge in [-0.15, -0.1) is 0 Å². The van der Waals surface area contributed by atoms with E-state index in [2.05, 4.69) is 25.3 Å². The van der Waals surface area contributed by atoms with E-state index in [-0.39, 0.29) is 23.9 Å². The van der Waals surface area contributed by atoms with Crippen LogP contribution in [0, 0.1) is 5.92 Å². The van der Waals surface area contributed by atoms with Crippen LogP contribution in [0.4, 0.5) is 19.0 Å². The van der Waals surface area contributed by atoms with Gasteiger partial charge in [-0.25, -0.2) is 23.4 Å². The van der Waals surface area contributed by atoms with Crippen LogP contribution in [-0.2, 0) is 21.0 Å². The molecule has 0 bridgehead atoms. The van der Waals surface area contributed by atoms with Crippen LogP contribution in [0.1, 0.15) is 18.4 Å². The minimum atomic E-state index is -4.53. The minimum Gasteiger partial charge on any atom is -0.310 e. The van der Waals surface area contributed by atoms with Crippen molar-refractivity contribution in [2.45, 2.75) is 24.0 Å². The number of amides is 1. The number of hydrogen-bond donors (Lipinski definition) is 1. The predicted molar refractivity (Wildman–Crippen MR) is 109 cm³/mol. The van der Waals surface area contributed by atoms with Crippen LogP contribution in [-0.4, -0.2) is 56.2 Å². The molecule has 1 amide bonds. The molecule has 0 saturated carbocycles. The fourth-order valence-electron chi connectivity index (χ4n) is 3.36. The average Bonchev–Trinajstić information content (AvgIpc) is 3.31. The van der Waals surface area contributed by atoms with Gasteiger partial charge in [0.2, 0.25) is 5.91 Å². The van der Waals surface area contributed by atoms with Crippen molar-refractivity contribution in [3.8, 4) is 5.82 Å². The molecule has 0 unspecified atom stereocenters. The van der Waals surface area contributed by atoms with Gasteiger partial charge in [0.25, 0.3) is 10.0 Å². The van der Waals surface area contributed by atoms with E-state index in [1.165, 1.54) is 40.0 Å². The van der Waals surface area contributed by atoms with Crippen molar-refractivity contribution in [1.29, 1.82) is 0 Å². The number of anilines is 1. The molecule has 4 rings (SSSR count). The highest BCUT2D eigenvalue weighted by molar-refractivity contribution is 7.89. The molecule has 14 heteroatoms. The molecule has 33 heavy (non-hydrogen) atoms. The maximum atomic E-state index is 13.1. The lowest BCUT2D eigenvalue weighted by molar-refractivity contribution is -0.137. The van der Waals surface area contributed by atoms with Crippen molar-refractivity contribution in [3.05, 3.63) is 55.0 Å². The number of carbonyl (C=O) groups excluding carboxylic acids is 1. The normalized spacial score (nSPS) is 17.6. The largest absolute Gasteiger partial charge is 0.417 e. The molecule has 0 aliphatic carbocycles. The molecule has 1 fully saturated rings. The van der Waals surface area contributed by atoms with Gasteiger partial charge in [-0.3, -0.25) is 14.3 Å². The predicted octanol–water partition coefficient (Wildman–Crippen LogP) is 2.12. The summed E-state index contributed by atoms with van der Waals surface area (Å²) in [5.41, 5.74) is -0.934. The van der Waals surface area contributed by atoms with Crippen LogP contribution in [0.15, 0.2) is 54.5 Å². The number of piperidine rings is 1. The zero-order valence-electron chi connectivity index (χ0n) is 17.0. The van der Waals surface area contributed by atoms with Gasteiger partial charge in [-0.1, -0.05) is 0 Å². The standard InChI is InChI=1S/C19H18F3N7O3S/c20-19(21,22)14-3-4-15(25-8-14)27-18(30)13-2-1-7-29(10-13)33(31,32)17-11-28(12-26-17)16-9-23-5-6-24-16/h3-6,8-9,11-13H,1-2,7,10H2,(H,25,27,30)/t13-/m1/s1. The second-order valence-corrected chi connectivity index (χ2v) is 9.19. The van der Waals surface area contributed by atoms with E-state index in [4.69, 9.17) is 0 Å². The van der Waals surface area contributed by atoms with Gasteiger partial charge in [0, 0.05) is 31.7 Å². The number of rotatable bonds is 5. The number of imidazole rings is 1. The van der Waals surface area contributed by atoms with Crippen molar-refractivity contribution < 1.29 is 26.4 Å². The highest BCUT2D eigenvalue weighted by atomic mass is 32.2. The third-order valence-corrected chi connectivity index (χ3v) is 6.83. The molecular weight excluding hydrogens is 463 g/mol. The molecule has 3 aromatic rings. The summed E-state index contributed by atoms with van der Waals surface area (Å²) in [6.07, 6.45) is 3.97. The summed E-state index contributed by atoms with van der Waals surface area (Å²) in [5.74, 6) is -0.867. The number of carbonyl (C=O) groups is 1. The van der Waals surface area contributed by atoms with E-state index in [0.717, 1.165) is 12.1 Å². The summed E-state index contributed by atoms with van der Waals surface area (Å²) < 4.78 is 66.7. The van der Waals surface area contributed by atoms with Crippen LogP contribution in [0.3, 0.4) is 0 Å². The molecule has 1 saturated heterocycles. The highest BCUT2D eigenvalue weighted by Gasteiger charge is 2.35. The molecule has 1 aliphatic rings. The summed E-state index contributed by atoms with van der Waals surface area (Å²) in [7, 11) is -3.98. The minimum absolute atomic E-state index is 0.0457. The third-order valence-electron chi connectivity index (χ3n) is 5.07. The van der Waals surface area contributed by atoms with E-state index >= 15 is 0 Å². The molecular formula is C19H18F3N7O3S. The first kappa shape index (κ1) is 22.8. The molecule has 1 aliphatic heterocycles. The Hall–Kier alpha value is -3.39. The molecule has 10 nitrogen and oxygen atoms in total. The Kier molecular flexibility index (Phi) is 6.12. The van der Waals surface area contributed by atoms with Crippen molar-refractivity contribution in [2.24, 2.45) is 5.92 Å². The van der Waals surface area contributed by atoms with Crippen LogP contribution in [0.2, 0.25) is 0 Å². The SMILES string of the molecule is O=C(Nc1ccc(C(F)(F)F)cn1)[C@@H]1CCCN(S(=O)(=O)c2cn(-c3cnccn3)cn2)C1. The van der Waals surface area contributed by atoms with Crippen molar-refractivity contribution in [3.63, 3.8) is 0 Å². The first-order valence-electron chi connectivity index (χ1n) is 9.79. The zero-order valence-corrected chi connectivity index (χ0v) is 17.8. The number of aromatic nitrogens is 5. The van der Waals surface area contributed by atoms with Crippen LogP contribution >= 0.6 is 0 Å². The van der Waals surface area contributed by atoms with Gasteiger partial charge in [0.1, 0.15) is 12.1 Å². The van der Waals surface area contributed by atoms with Crippen LogP contribution in [0.5, 0.6) is 0 Å². The van der Waals surface area contributed by atoms with Crippen molar-refractivity contribution >= 4 is 21.7 Å². The Bertz CT molecular complexity index is 1230. The zero-order chi connectivity index (χ0) is 23.6. The van der Waals surface area contributed by atoms with Crippen LogP contribution in [0.25, 0.3) is 5.82 Å². The molecule has 0 aromatic carbocycles. The topological polar surface area (TPSA) is 123 Å². The number of halogens is 3. The summed E-state index contributed by atoms with van der Waals surface area (Å²) in [6.45, 7) is 0.120. The molecule has 174 valence electrons. The first-order chi connectivity index (χ1) is 15.6. The molecule has 0 spiro atoms. The number of nitrogens with zero attached hydrogens (tertiary/aromatic N) is 6. The maximum Gasteiger partial charge on any atom is 0.417 e. The lowest BCUT2D eigenvalue weighted by atomic mass is 9.99. The van der Waals surface area contributed by atoms with Crippen molar-refractivity contribution in [1.82, 2.24) is 28.8 Å². The van der Waals surface area contributed by atoms with E-state index in [1.54, 1.807) is 0 Å². The van der Waals surface area contributed by atoms with Gasteiger partial charge in [0.15, 0.2) is 10.8 Å². The summed E-state index contributed by atoms with van der Waals surface area (Å²) in [4.78, 5) is 28.2. The molecule has 0 radical (unpaired) electrons. The number of hydrogen-bond acceptors (Lipinski definition) is 7.